The van der Waals surface area contributed by atoms with Crippen molar-refractivity contribution in [3.8, 4) is 0 Å². The quantitative estimate of drug-likeness (QED) is 0.0283. The van der Waals surface area contributed by atoms with Crippen LogP contribution in [0.25, 0.3) is 0 Å². The first kappa shape index (κ1) is 42.5. The van der Waals surface area contributed by atoms with Gasteiger partial charge in [-0.05, 0) is 51.4 Å². The first-order valence-electron chi connectivity index (χ1n) is 16.9. The molecular weight excluding hydrogens is 585 g/mol. The molecule has 0 aromatic heterocycles. The molecular formula is C33H62NO9P. The Morgan fingerprint density at radius 2 is 1.23 bits per heavy atom. The molecule has 0 rings (SSSR count). The summed E-state index contributed by atoms with van der Waals surface area (Å²) in [6.45, 7) is 3.72. The molecule has 4 N–H and O–H groups in total. The third kappa shape index (κ3) is 29.2. The van der Waals surface area contributed by atoms with Crippen molar-refractivity contribution in [2.75, 3.05) is 26.4 Å². The predicted molar refractivity (Wildman–Crippen MR) is 175 cm³/mol. The zero-order valence-electron chi connectivity index (χ0n) is 27.5. The molecule has 3 atom stereocenters. The number of aliphatic carboxylic acids is 1. The van der Waals surface area contributed by atoms with Gasteiger partial charge in [-0.2, -0.15) is 0 Å². The smallest absolute Gasteiger partial charge is 0.472 e. The van der Waals surface area contributed by atoms with Gasteiger partial charge in [0.15, 0.2) is 0 Å². The van der Waals surface area contributed by atoms with E-state index in [1.165, 1.54) is 38.5 Å². The SMILES string of the molecule is CCC/C=C\CCCCCCCC(=O)OC(COCCCCCCCC/C=C\CCCC)COP(=O)(O)OCC(N)C(=O)O. The number of ether oxygens (including phenoxy) is 2. The normalized spacial score (nSPS) is 14.6. The fourth-order valence-corrected chi connectivity index (χ4v) is 5.01. The number of unbranched alkanes of at least 4 members (excludes halogenated alkanes) is 14. The van der Waals surface area contributed by atoms with Crippen molar-refractivity contribution < 1.29 is 42.7 Å². The van der Waals surface area contributed by atoms with Crippen LogP contribution < -0.4 is 5.73 Å². The molecule has 0 spiro atoms. The van der Waals surface area contributed by atoms with Crippen molar-refractivity contribution in [2.24, 2.45) is 5.73 Å². The highest BCUT2D eigenvalue weighted by Crippen LogP contribution is 2.43. The molecule has 11 heteroatoms. The van der Waals surface area contributed by atoms with Crippen molar-refractivity contribution in [1.29, 1.82) is 0 Å². The summed E-state index contributed by atoms with van der Waals surface area (Å²) in [5.41, 5.74) is 5.31. The van der Waals surface area contributed by atoms with E-state index in [1.807, 2.05) is 0 Å². The van der Waals surface area contributed by atoms with Crippen LogP contribution in [0.5, 0.6) is 0 Å². The number of hydrogen-bond acceptors (Lipinski definition) is 8. The van der Waals surface area contributed by atoms with E-state index >= 15 is 0 Å². The minimum Gasteiger partial charge on any atom is -0.480 e. The maximum atomic E-state index is 12.5. The van der Waals surface area contributed by atoms with Crippen LogP contribution in [-0.2, 0) is 32.7 Å². The molecule has 10 nitrogen and oxygen atoms in total. The topological polar surface area (TPSA) is 155 Å². The van der Waals surface area contributed by atoms with Gasteiger partial charge in [0.1, 0.15) is 12.1 Å². The van der Waals surface area contributed by atoms with Gasteiger partial charge in [0.05, 0.1) is 19.8 Å². The molecule has 0 heterocycles. The van der Waals surface area contributed by atoms with Gasteiger partial charge in [0, 0.05) is 13.0 Å². The number of hydrogen-bond donors (Lipinski definition) is 3. The highest BCUT2D eigenvalue weighted by Gasteiger charge is 2.27. The van der Waals surface area contributed by atoms with E-state index in [0.29, 0.717) is 13.0 Å². The molecule has 0 saturated heterocycles. The van der Waals surface area contributed by atoms with E-state index in [1.54, 1.807) is 0 Å². The summed E-state index contributed by atoms with van der Waals surface area (Å²) in [7, 11) is -4.60. The van der Waals surface area contributed by atoms with Crippen LogP contribution in [0.2, 0.25) is 0 Å². The lowest BCUT2D eigenvalue weighted by Gasteiger charge is -2.20. The predicted octanol–water partition coefficient (Wildman–Crippen LogP) is 8.02. The highest BCUT2D eigenvalue weighted by atomic mass is 31.2. The summed E-state index contributed by atoms with van der Waals surface area (Å²) >= 11 is 0. The van der Waals surface area contributed by atoms with Gasteiger partial charge in [-0.3, -0.25) is 18.6 Å². The summed E-state index contributed by atoms with van der Waals surface area (Å²) in [6, 6.07) is -1.47. The van der Waals surface area contributed by atoms with E-state index < -0.39 is 45.1 Å². The Kier molecular flexibility index (Phi) is 29.1. The van der Waals surface area contributed by atoms with E-state index in [9.17, 15) is 19.0 Å². The maximum Gasteiger partial charge on any atom is 0.472 e. The summed E-state index contributed by atoms with van der Waals surface area (Å²) in [5.74, 6) is -1.80. The second-order valence-electron chi connectivity index (χ2n) is 11.3. The number of phosphoric acid groups is 1. The van der Waals surface area contributed by atoms with Crippen molar-refractivity contribution in [1.82, 2.24) is 0 Å². The molecule has 0 aliphatic carbocycles. The van der Waals surface area contributed by atoms with Gasteiger partial charge in [-0.1, -0.05) is 102 Å². The first-order valence-corrected chi connectivity index (χ1v) is 18.4. The average molecular weight is 648 g/mol. The third-order valence-corrected chi connectivity index (χ3v) is 7.88. The summed E-state index contributed by atoms with van der Waals surface area (Å²) in [5, 5.41) is 8.83. The number of esters is 1. The van der Waals surface area contributed by atoms with Crippen LogP contribution in [0.4, 0.5) is 0 Å². The Morgan fingerprint density at radius 1 is 0.705 bits per heavy atom. The minimum atomic E-state index is -4.60. The largest absolute Gasteiger partial charge is 0.480 e. The fraction of sp³-hybridized carbons (Fsp3) is 0.818. The van der Waals surface area contributed by atoms with Crippen LogP contribution >= 0.6 is 7.82 Å². The molecule has 0 saturated carbocycles. The number of nitrogens with two attached hydrogens (primary N) is 1. The fourth-order valence-electron chi connectivity index (χ4n) is 4.23. The lowest BCUT2D eigenvalue weighted by atomic mass is 10.1. The Labute approximate surface area is 266 Å². The standard InChI is InChI=1S/C33H62NO9P/c1-3-5-7-9-11-13-15-16-18-20-22-24-26-40-27-30(28-41-44(38,39)42-29-31(34)33(36)37)43-32(35)25-23-21-19-17-14-12-10-8-6-4-2/h8-11,30-31H,3-7,12-29,34H2,1-2H3,(H,36,37)(H,38,39)/b10-8-,11-9-. The lowest BCUT2D eigenvalue weighted by Crippen LogP contribution is -2.34. The highest BCUT2D eigenvalue weighted by molar-refractivity contribution is 7.47. The second kappa shape index (κ2) is 30.1. The molecule has 0 aromatic rings. The molecule has 0 bridgehead atoms. The van der Waals surface area contributed by atoms with Gasteiger partial charge >= 0.3 is 19.8 Å². The molecule has 44 heavy (non-hydrogen) atoms. The molecule has 3 unspecified atom stereocenters. The van der Waals surface area contributed by atoms with Crippen LogP contribution in [0.1, 0.15) is 136 Å². The number of allylic oxidation sites excluding steroid dienone is 4. The molecule has 0 aromatic carbocycles. The number of carbonyl (C=O) groups excluding carboxylic acids is 1. The summed E-state index contributed by atoms with van der Waals surface area (Å²) in [4.78, 5) is 33.2. The number of carboxylic acids is 1. The van der Waals surface area contributed by atoms with Crippen LogP contribution in [0, 0.1) is 0 Å². The lowest BCUT2D eigenvalue weighted by molar-refractivity contribution is -0.154. The van der Waals surface area contributed by atoms with Crippen LogP contribution in [0.3, 0.4) is 0 Å². The van der Waals surface area contributed by atoms with Crippen molar-refractivity contribution in [2.45, 2.75) is 148 Å². The number of carbonyl (C=O) groups is 2. The number of rotatable bonds is 32. The monoisotopic (exact) mass is 647 g/mol. The molecule has 0 radical (unpaired) electrons. The van der Waals surface area contributed by atoms with Crippen molar-refractivity contribution in [3.05, 3.63) is 24.3 Å². The van der Waals surface area contributed by atoms with E-state index in [4.69, 9.17) is 24.8 Å². The Balaban J connectivity index is 4.38. The molecule has 258 valence electrons. The Hall–Kier alpha value is -1.55. The van der Waals surface area contributed by atoms with Gasteiger partial charge in [-0.25, -0.2) is 4.57 Å². The number of phosphoric ester groups is 1. The zero-order valence-corrected chi connectivity index (χ0v) is 28.4. The minimum absolute atomic E-state index is 0.0102. The van der Waals surface area contributed by atoms with Gasteiger partial charge in [0.25, 0.3) is 0 Å². The summed E-state index contributed by atoms with van der Waals surface area (Å²) < 4.78 is 33.0. The Morgan fingerprint density at radius 3 is 1.82 bits per heavy atom. The van der Waals surface area contributed by atoms with E-state index in [0.717, 1.165) is 70.6 Å². The molecule has 0 fully saturated rings. The van der Waals surface area contributed by atoms with Gasteiger partial charge < -0.3 is 25.2 Å². The van der Waals surface area contributed by atoms with E-state index in [-0.39, 0.29) is 13.0 Å². The molecule has 0 aliphatic heterocycles. The molecule has 0 aliphatic rings. The van der Waals surface area contributed by atoms with Crippen LogP contribution in [-0.4, -0.2) is 60.5 Å². The first-order chi connectivity index (χ1) is 21.2. The van der Waals surface area contributed by atoms with Gasteiger partial charge in [-0.15, -0.1) is 0 Å². The van der Waals surface area contributed by atoms with E-state index in [2.05, 4.69) is 42.7 Å². The number of carboxylic acid groups (broad SMARTS) is 1. The second-order valence-corrected chi connectivity index (χ2v) is 12.7. The van der Waals surface area contributed by atoms with Crippen molar-refractivity contribution >= 4 is 19.8 Å². The Bertz CT molecular complexity index is 806. The zero-order chi connectivity index (χ0) is 32.7. The third-order valence-electron chi connectivity index (χ3n) is 6.93. The van der Waals surface area contributed by atoms with Crippen molar-refractivity contribution in [3.63, 3.8) is 0 Å². The average Bonchev–Trinajstić information content (AvgIpc) is 2.99. The summed E-state index contributed by atoms with van der Waals surface area (Å²) in [6.07, 6.45) is 28.1. The molecule has 0 amide bonds. The van der Waals surface area contributed by atoms with Crippen LogP contribution in [0.15, 0.2) is 24.3 Å². The van der Waals surface area contributed by atoms with Gasteiger partial charge in [0.2, 0.25) is 0 Å². The maximum absolute atomic E-state index is 12.5.